The van der Waals surface area contributed by atoms with E-state index in [1.807, 2.05) is 38.1 Å². The molecule has 1 aromatic heterocycles. The predicted octanol–water partition coefficient (Wildman–Crippen LogP) is 6.63. The number of benzene rings is 2. The number of Topliss-reactive ketones (excluding diaryl/α,β-unsaturated/α-hetero) is 1. The number of rotatable bonds is 6. The van der Waals surface area contributed by atoms with Gasteiger partial charge in [0.05, 0.1) is 12.7 Å². The Morgan fingerprint density at radius 3 is 2.53 bits per heavy atom. The summed E-state index contributed by atoms with van der Waals surface area (Å²) in [6.45, 7) is 8.05. The highest BCUT2D eigenvalue weighted by Gasteiger charge is 2.39. The van der Waals surface area contributed by atoms with E-state index in [9.17, 15) is 14.4 Å². The number of fused-ring (bicyclic) bond motifs is 1. The number of carbonyl (C=O) groups is 3. The van der Waals surface area contributed by atoms with Gasteiger partial charge in [0.2, 0.25) is 5.78 Å². The van der Waals surface area contributed by atoms with E-state index in [4.69, 9.17) is 9.15 Å². The molecule has 1 N–H and O–H groups in total. The molecule has 3 aromatic rings. The monoisotopic (exact) mass is 511 g/mol. The summed E-state index contributed by atoms with van der Waals surface area (Å²) in [6, 6.07) is 13.2. The third-order valence-corrected chi connectivity index (χ3v) is 7.86. The molecule has 2 atom stereocenters. The molecule has 0 saturated carbocycles. The summed E-state index contributed by atoms with van der Waals surface area (Å²) in [6.07, 6.45) is 2.84. The first-order valence-corrected chi connectivity index (χ1v) is 13.2. The maximum absolute atomic E-state index is 13.3. The standard InChI is InChI=1S/C32H33NO5/c1-6-18(3)23-15-21(14-22-16-26(38-31(22)23)30(35)20-12-10-17(2)11-13-20)28-27(32(36)37-5)19(4)33-24-8-7-9-25(34)29(24)28/h10-16,18,28,33H,6-9H2,1-5H3. The number of esters is 1. The van der Waals surface area contributed by atoms with Crippen molar-refractivity contribution in [2.24, 2.45) is 0 Å². The summed E-state index contributed by atoms with van der Waals surface area (Å²) in [4.78, 5) is 39.6. The molecule has 6 nitrogen and oxygen atoms in total. The van der Waals surface area contributed by atoms with Crippen LogP contribution in [0.5, 0.6) is 0 Å². The minimum absolute atomic E-state index is 0.0465. The largest absolute Gasteiger partial charge is 0.466 e. The smallest absolute Gasteiger partial charge is 0.336 e. The summed E-state index contributed by atoms with van der Waals surface area (Å²) in [7, 11) is 1.36. The van der Waals surface area contributed by atoms with Gasteiger partial charge in [0, 0.05) is 40.3 Å². The number of allylic oxidation sites excluding steroid dienone is 3. The first-order chi connectivity index (χ1) is 18.2. The average Bonchev–Trinajstić information content (AvgIpc) is 3.35. The molecule has 2 unspecified atom stereocenters. The van der Waals surface area contributed by atoms with Gasteiger partial charge >= 0.3 is 5.97 Å². The van der Waals surface area contributed by atoms with Crippen LogP contribution in [0.3, 0.4) is 0 Å². The molecular weight excluding hydrogens is 478 g/mol. The number of hydrogen-bond donors (Lipinski definition) is 1. The van der Waals surface area contributed by atoms with Gasteiger partial charge in [0.15, 0.2) is 11.5 Å². The first-order valence-electron chi connectivity index (χ1n) is 13.2. The van der Waals surface area contributed by atoms with E-state index in [0.29, 0.717) is 34.4 Å². The Balaban J connectivity index is 1.71. The van der Waals surface area contributed by atoms with E-state index in [1.165, 1.54) is 7.11 Å². The fourth-order valence-electron chi connectivity index (χ4n) is 5.61. The summed E-state index contributed by atoms with van der Waals surface area (Å²) in [5, 5.41) is 4.09. The van der Waals surface area contributed by atoms with Crippen LogP contribution in [-0.4, -0.2) is 24.6 Å². The maximum Gasteiger partial charge on any atom is 0.336 e. The SMILES string of the molecule is CCC(C)c1cc(C2C(C(=O)OC)=C(C)NC3=C2C(=O)CCC3)cc2cc(C(=O)c3ccc(C)cc3)oc12. The second kappa shape index (κ2) is 10.1. The molecule has 196 valence electrons. The normalized spacial score (nSPS) is 18.3. The van der Waals surface area contributed by atoms with Gasteiger partial charge < -0.3 is 14.5 Å². The second-order valence-electron chi connectivity index (χ2n) is 10.4. The van der Waals surface area contributed by atoms with Gasteiger partial charge in [-0.1, -0.05) is 49.7 Å². The number of dihydropyridines is 1. The molecule has 0 spiro atoms. The van der Waals surface area contributed by atoms with Crippen LogP contribution in [0, 0.1) is 6.92 Å². The molecule has 0 saturated heterocycles. The number of ether oxygens (including phenoxy) is 1. The Morgan fingerprint density at radius 2 is 1.84 bits per heavy atom. The number of nitrogens with one attached hydrogen (secondary N) is 1. The van der Waals surface area contributed by atoms with Crippen LogP contribution in [0.4, 0.5) is 0 Å². The highest BCUT2D eigenvalue weighted by molar-refractivity contribution is 6.09. The minimum atomic E-state index is -0.551. The molecule has 5 rings (SSSR count). The zero-order valence-corrected chi connectivity index (χ0v) is 22.6. The van der Waals surface area contributed by atoms with Crippen LogP contribution in [-0.2, 0) is 14.3 Å². The van der Waals surface area contributed by atoms with Gasteiger partial charge in [-0.2, -0.15) is 0 Å². The van der Waals surface area contributed by atoms with Crippen molar-refractivity contribution in [3.8, 4) is 0 Å². The Hall–Kier alpha value is -3.93. The minimum Gasteiger partial charge on any atom is -0.466 e. The van der Waals surface area contributed by atoms with Gasteiger partial charge in [-0.3, -0.25) is 9.59 Å². The third kappa shape index (κ3) is 4.38. The molecule has 0 fully saturated rings. The topological polar surface area (TPSA) is 85.6 Å². The lowest BCUT2D eigenvalue weighted by Crippen LogP contribution is -2.34. The van der Waals surface area contributed by atoms with Crippen molar-refractivity contribution in [1.82, 2.24) is 5.32 Å². The van der Waals surface area contributed by atoms with E-state index < -0.39 is 11.9 Å². The Morgan fingerprint density at radius 1 is 1.11 bits per heavy atom. The molecule has 0 bridgehead atoms. The number of hydrogen-bond acceptors (Lipinski definition) is 6. The molecule has 2 aliphatic rings. The lowest BCUT2D eigenvalue weighted by atomic mass is 9.74. The van der Waals surface area contributed by atoms with Gasteiger partial charge in [0.1, 0.15) is 5.58 Å². The van der Waals surface area contributed by atoms with Crippen LogP contribution >= 0.6 is 0 Å². The van der Waals surface area contributed by atoms with E-state index in [1.54, 1.807) is 18.2 Å². The lowest BCUT2D eigenvalue weighted by molar-refractivity contribution is -0.136. The van der Waals surface area contributed by atoms with Crippen molar-refractivity contribution < 1.29 is 23.5 Å². The number of carbonyl (C=O) groups excluding carboxylic acids is 3. The third-order valence-electron chi connectivity index (χ3n) is 7.86. The van der Waals surface area contributed by atoms with Crippen molar-refractivity contribution in [2.45, 2.75) is 65.2 Å². The van der Waals surface area contributed by atoms with Crippen LogP contribution in [0.2, 0.25) is 0 Å². The molecule has 1 aliphatic carbocycles. The number of methoxy groups -OCH3 is 1. The average molecular weight is 512 g/mol. The Labute approximate surface area is 222 Å². The number of aryl methyl sites for hydroxylation is 1. The predicted molar refractivity (Wildman–Crippen MR) is 146 cm³/mol. The highest BCUT2D eigenvalue weighted by Crippen LogP contribution is 2.45. The van der Waals surface area contributed by atoms with Crippen LogP contribution in [0.1, 0.15) is 91.1 Å². The zero-order chi connectivity index (χ0) is 27.1. The van der Waals surface area contributed by atoms with Crippen molar-refractivity contribution >= 4 is 28.5 Å². The summed E-state index contributed by atoms with van der Waals surface area (Å²) in [5.41, 5.74) is 6.73. The number of ketones is 2. The molecule has 0 radical (unpaired) electrons. The summed E-state index contributed by atoms with van der Waals surface area (Å²) < 4.78 is 11.4. The molecule has 0 amide bonds. The molecule has 2 aromatic carbocycles. The highest BCUT2D eigenvalue weighted by atomic mass is 16.5. The van der Waals surface area contributed by atoms with E-state index >= 15 is 0 Å². The lowest BCUT2D eigenvalue weighted by Gasteiger charge is -2.34. The van der Waals surface area contributed by atoms with Gasteiger partial charge in [-0.05, 0) is 62.3 Å². The molecule has 6 heteroatoms. The van der Waals surface area contributed by atoms with Gasteiger partial charge in [-0.15, -0.1) is 0 Å². The Bertz CT molecular complexity index is 1520. The van der Waals surface area contributed by atoms with Crippen molar-refractivity contribution in [1.29, 1.82) is 0 Å². The van der Waals surface area contributed by atoms with Crippen molar-refractivity contribution in [2.75, 3.05) is 7.11 Å². The summed E-state index contributed by atoms with van der Waals surface area (Å²) in [5.74, 6) is -0.745. The van der Waals surface area contributed by atoms with Gasteiger partial charge in [0.25, 0.3) is 0 Å². The maximum atomic E-state index is 13.3. The van der Waals surface area contributed by atoms with Crippen molar-refractivity contribution in [3.05, 3.63) is 93.0 Å². The molecule has 1 aliphatic heterocycles. The molecular formula is C32H33NO5. The number of furan rings is 1. The fraction of sp³-hybridized carbons (Fsp3) is 0.344. The first kappa shape index (κ1) is 25.7. The van der Waals surface area contributed by atoms with Crippen LogP contribution in [0.15, 0.2) is 69.4 Å². The van der Waals surface area contributed by atoms with E-state index in [-0.39, 0.29) is 23.2 Å². The van der Waals surface area contributed by atoms with E-state index in [2.05, 4.69) is 19.2 Å². The quantitative estimate of drug-likeness (QED) is 0.295. The van der Waals surface area contributed by atoms with Crippen molar-refractivity contribution in [3.63, 3.8) is 0 Å². The van der Waals surface area contributed by atoms with Gasteiger partial charge in [-0.25, -0.2) is 4.79 Å². The fourth-order valence-corrected chi connectivity index (χ4v) is 5.61. The van der Waals surface area contributed by atoms with Crippen LogP contribution < -0.4 is 5.32 Å². The molecule has 38 heavy (non-hydrogen) atoms. The van der Waals surface area contributed by atoms with E-state index in [0.717, 1.165) is 47.0 Å². The Kier molecular flexibility index (Phi) is 6.82. The molecule has 2 heterocycles. The second-order valence-corrected chi connectivity index (χ2v) is 10.4. The summed E-state index contributed by atoms with van der Waals surface area (Å²) >= 11 is 0. The zero-order valence-electron chi connectivity index (χ0n) is 22.6. The van der Waals surface area contributed by atoms with Crippen LogP contribution in [0.25, 0.3) is 11.0 Å².